The monoisotopic (exact) mass is 329 g/mol. The van der Waals surface area contributed by atoms with Crippen LogP contribution in [-0.4, -0.2) is 46.4 Å². The highest BCUT2D eigenvalue weighted by Crippen LogP contribution is 2.20. The van der Waals surface area contributed by atoms with E-state index in [-0.39, 0.29) is 18.2 Å². The van der Waals surface area contributed by atoms with E-state index in [1.165, 1.54) is 0 Å². The van der Waals surface area contributed by atoms with Gasteiger partial charge in [-0.15, -0.1) is 0 Å². The fourth-order valence-corrected chi connectivity index (χ4v) is 3.04. The lowest BCUT2D eigenvalue weighted by Gasteiger charge is -2.35. The fourth-order valence-electron chi connectivity index (χ4n) is 3.04. The molecule has 24 heavy (non-hydrogen) atoms. The van der Waals surface area contributed by atoms with Gasteiger partial charge in [-0.3, -0.25) is 10.00 Å². The molecule has 2 heterocycles. The lowest BCUT2D eigenvalue weighted by molar-refractivity contribution is -0.0704. The predicted octanol–water partition coefficient (Wildman–Crippen LogP) is 2.66. The molecule has 2 amide bonds. The molecule has 0 unspecified atom stereocenters. The van der Waals surface area contributed by atoms with Gasteiger partial charge in [0.25, 0.3) is 0 Å². The number of benzene rings is 1. The van der Waals surface area contributed by atoms with Crippen LogP contribution in [0.4, 0.5) is 16.2 Å². The molecule has 1 fully saturated rings. The number of aromatic nitrogens is 2. The number of nitrogens with one attached hydrogen (secondary N) is 3. The smallest absolute Gasteiger partial charge is 0.323 e. The molecule has 1 aliphatic heterocycles. The van der Waals surface area contributed by atoms with Crippen molar-refractivity contribution >= 4 is 17.4 Å². The quantitative estimate of drug-likeness (QED) is 0.805. The zero-order valence-electron chi connectivity index (χ0n) is 14.0. The molecule has 1 aromatic heterocycles. The Balaban J connectivity index is 1.65. The first-order chi connectivity index (χ1) is 11.6. The summed E-state index contributed by atoms with van der Waals surface area (Å²) in [7, 11) is 0. The maximum atomic E-state index is 12.1. The highest BCUT2D eigenvalue weighted by atomic mass is 16.5. The van der Waals surface area contributed by atoms with Gasteiger partial charge < -0.3 is 15.4 Å². The highest BCUT2D eigenvalue weighted by molar-refractivity contribution is 6.00. The summed E-state index contributed by atoms with van der Waals surface area (Å²) < 4.78 is 5.78. The Kier molecular flexibility index (Phi) is 5.12. The normalized spacial score (nSPS) is 21.4. The van der Waals surface area contributed by atoms with Crippen molar-refractivity contribution in [3.05, 3.63) is 42.2 Å². The van der Waals surface area contributed by atoms with E-state index in [9.17, 15) is 4.79 Å². The minimum Gasteiger partial charge on any atom is -0.373 e. The number of rotatable bonds is 4. The fraction of sp³-hybridized carbons (Fsp3) is 0.412. The van der Waals surface area contributed by atoms with Crippen molar-refractivity contribution < 1.29 is 9.53 Å². The second-order valence-electron chi connectivity index (χ2n) is 6.17. The van der Waals surface area contributed by atoms with Crippen LogP contribution in [0, 0.1) is 0 Å². The molecule has 1 aromatic carbocycles. The first kappa shape index (κ1) is 16.5. The number of urea groups is 1. The van der Waals surface area contributed by atoms with Crippen LogP contribution in [0.5, 0.6) is 0 Å². The molecule has 7 heteroatoms. The second-order valence-corrected chi connectivity index (χ2v) is 6.17. The summed E-state index contributed by atoms with van der Waals surface area (Å²) in [6.45, 7) is 6.73. The Morgan fingerprint density at radius 2 is 2.04 bits per heavy atom. The Morgan fingerprint density at radius 1 is 1.29 bits per heavy atom. The first-order valence-corrected chi connectivity index (χ1v) is 8.12. The third-order valence-electron chi connectivity index (χ3n) is 3.91. The third kappa shape index (κ3) is 4.33. The van der Waals surface area contributed by atoms with Crippen LogP contribution in [0.25, 0.3) is 0 Å². The molecule has 1 saturated heterocycles. The van der Waals surface area contributed by atoms with Crippen LogP contribution in [0.15, 0.2) is 36.7 Å². The number of nitrogens with zero attached hydrogens (tertiary/aromatic N) is 2. The Hall–Kier alpha value is -2.38. The molecule has 2 aromatic rings. The van der Waals surface area contributed by atoms with Crippen LogP contribution < -0.4 is 10.6 Å². The third-order valence-corrected chi connectivity index (χ3v) is 3.91. The average molecular weight is 329 g/mol. The van der Waals surface area contributed by atoms with E-state index in [0.29, 0.717) is 5.69 Å². The van der Waals surface area contributed by atoms with Crippen molar-refractivity contribution in [1.82, 2.24) is 15.1 Å². The van der Waals surface area contributed by atoms with Gasteiger partial charge in [0.1, 0.15) is 0 Å². The molecule has 0 spiro atoms. The van der Waals surface area contributed by atoms with E-state index in [0.717, 1.165) is 30.9 Å². The van der Waals surface area contributed by atoms with Gasteiger partial charge in [0.2, 0.25) is 0 Å². The Bertz CT molecular complexity index is 663. The molecular weight excluding hydrogens is 306 g/mol. The average Bonchev–Trinajstić information content (AvgIpc) is 3.01. The molecule has 2 atom stereocenters. The largest absolute Gasteiger partial charge is 0.373 e. The summed E-state index contributed by atoms with van der Waals surface area (Å²) in [6.07, 6.45) is 3.63. The van der Waals surface area contributed by atoms with Gasteiger partial charge in [-0.1, -0.05) is 18.2 Å². The molecule has 128 valence electrons. The number of H-pyrrole nitrogens is 1. The van der Waals surface area contributed by atoms with Crippen molar-refractivity contribution in [3.8, 4) is 0 Å². The maximum Gasteiger partial charge on any atom is 0.323 e. The van der Waals surface area contributed by atoms with Crippen LogP contribution in [0.3, 0.4) is 0 Å². The molecule has 0 bridgehead atoms. The second kappa shape index (κ2) is 7.46. The molecule has 0 radical (unpaired) electrons. The van der Waals surface area contributed by atoms with Crippen molar-refractivity contribution in [2.45, 2.75) is 32.6 Å². The number of morpholine rings is 1. The van der Waals surface area contributed by atoms with E-state index in [4.69, 9.17) is 4.74 Å². The van der Waals surface area contributed by atoms with E-state index >= 15 is 0 Å². The number of aromatic amines is 1. The number of hydrogen-bond donors (Lipinski definition) is 3. The summed E-state index contributed by atoms with van der Waals surface area (Å²) in [5, 5.41) is 12.1. The molecule has 0 aliphatic carbocycles. The first-order valence-electron chi connectivity index (χ1n) is 8.12. The molecular formula is C17H23N5O2. The Labute approximate surface area is 141 Å². The summed E-state index contributed by atoms with van der Waals surface area (Å²) in [5.41, 5.74) is 2.52. The standard InChI is InChI=1S/C17H23N5O2/c1-12-9-22(10-13(2)24-12)11-14-5-3-4-6-16(14)21-17(23)20-15-7-18-19-8-15/h3-8,12-13H,9-11H2,1-2H3,(H,18,19)(H2,20,21,23)/t12-,13+. The molecule has 3 N–H and O–H groups in total. The SMILES string of the molecule is C[C@@H]1CN(Cc2ccccc2NC(=O)Nc2cn[nH]c2)C[C@H](C)O1. The molecule has 0 saturated carbocycles. The van der Waals surface area contributed by atoms with Gasteiger partial charge in [-0.2, -0.15) is 5.10 Å². The lowest BCUT2D eigenvalue weighted by atomic mass is 10.1. The lowest BCUT2D eigenvalue weighted by Crippen LogP contribution is -2.44. The van der Waals surface area contributed by atoms with E-state index in [2.05, 4.69) is 39.6 Å². The number of para-hydroxylation sites is 1. The van der Waals surface area contributed by atoms with Gasteiger partial charge in [-0.25, -0.2) is 4.79 Å². The minimum atomic E-state index is -0.285. The maximum absolute atomic E-state index is 12.1. The van der Waals surface area contributed by atoms with Crippen molar-refractivity contribution in [2.75, 3.05) is 23.7 Å². The van der Waals surface area contributed by atoms with Crippen molar-refractivity contribution in [3.63, 3.8) is 0 Å². The van der Waals surface area contributed by atoms with Crippen LogP contribution in [0.1, 0.15) is 19.4 Å². The number of hydrogen-bond acceptors (Lipinski definition) is 4. The number of carbonyl (C=O) groups is 1. The Morgan fingerprint density at radius 3 is 2.75 bits per heavy atom. The molecule has 3 rings (SSSR count). The van der Waals surface area contributed by atoms with E-state index < -0.39 is 0 Å². The van der Waals surface area contributed by atoms with Gasteiger partial charge in [0.05, 0.1) is 24.1 Å². The molecule has 7 nitrogen and oxygen atoms in total. The van der Waals surface area contributed by atoms with Crippen molar-refractivity contribution in [2.24, 2.45) is 0 Å². The van der Waals surface area contributed by atoms with E-state index in [1.807, 2.05) is 24.3 Å². The number of ether oxygens (including phenoxy) is 1. The van der Waals surface area contributed by atoms with Gasteiger partial charge in [-0.05, 0) is 25.5 Å². The summed E-state index contributed by atoms with van der Waals surface area (Å²) in [4.78, 5) is 14.5. The zero-order valence-corrected chi connectivity index (χ0v) is 14.0. The van der Waals surface area contributed by atoms with Crippen LogP contribution >= 0.6 is 0 Å². The molecule has 1 aliphatic rings. The van der Waals surface area contributed by atoms with E-state index in [1.54, 1.807) is 12.4 Å². The zero-order chi connectivity index (χ0) is 16.9. The number of carbonyl (C=O) groups excluding carboxylic acids is 1. The van der Waals surface area contributed by atoms with Gasteiger partial charge in [0.15, 0.2) is 0 Å². The summed E-state index contributed by atoms with van der Waals surface area (Å²) in [5.74, 6) is 0. The minimum absolute atomic E-state index is 0.221. The van der Waals surface area contributed by atoms with Crippen molar-refractivity contribution in [1.29, 1.82) is 0 Å². The summed E-state index contributed by atoms with van der Waals surface area (Å²) in [6, 6.07) is 7.58. The van der Waals surface area contributed by atoms with Gasteiger partial charge in [0, 0.05) is 31.5 Å². The topological polar surface area (TPSA) is 82.3 Å². The number of amides is 2. The van der Waals surface area contributed by atoms with Crippen LogP contribution in [-0.2, 0) is 11.3 Å². The highest BCUT2D eigenvalue weighted by Gasteiger charge is 2.22. The van der Waals surface area contributed by atoms with Gasteiger partial charge >= 0.3 is 6.03 Å². The van der Waals surface area contributed by atoms with Crippen LogP contribution in [0.2, 0.25) is 0 Å². The summed E-state index contributed by atoms with van der Waals surface area (Å²) >= 11 is 0. The number of anilines is 2. The predicted molar refractivity (Wildman–Crippen MR) is 93.0 cm³/mol.